The molecule has 0 saturated carbocycles. The number of rotatable bonds is 1. The average molecular weight is 197 g/mol. The van der Waals surface area contributed by atoms with Gasteiger partial charge in [0.2, 0.25) is 0 Å². The minimum atomic E-state index is -0.252. The van der Waals surface area contributed by atoms with E-state index in [-0.39, 0.29) is 18.2 Å². The predicted octanol–water partition coefficient (Wildman–Crippen LogP) is 4.10. The molecule has 0 spiro atoms. The van der Waals surface area contributed by atoms with Gasteiger partial charge in [0.05, 0.1) is 6.07 Å². The molecule has 2 heteroatoms. The van der Waals surface area contributed by atoms with Gasteiger partial charge in [-0.05, 0) is 16.1 Å². The molecular formula is C11H20NP. The van der Waals surface area contributed by atoms with Crippen molar-refractivity contribution in [2.75, 3.05) is 0 Å². The van der Waals surface area contributed by atoms with Crippen LogP contribution in [0, 0.1) is 11.3 Å². The number of nitrogens with zero attached hydrogens (tertiary/aromatic N) is 1. The summed E-state index contributed by atoms with van der Waals surface area (Å²) in [6.07, 6.45) is 1.63. The van der Waals surface area contributed by atoms with E-state index < -0.39 is 0 Å². The first kappa shape index (κ1) is 12.7. The Labute approximate surface area is 83.6 Å². The molecule has 74 valence electrons. The third kappa shape index (κ3) is 4.44. The Morgan fingerprint density at radius 1 is 1.00 bits per heavy atom. The highest BCUT2D eigenvalue weighted by atomic mass is 31.1. The molecule has 0 N–H and O–H groups in total. The van der Waals surface area contributed by atoms with Crippen molar-refractivity contribution < 1.29 is 0 Å². The van der Waals surface area contributed by atoms with Crippen molar-refractivity contribution >= 4 is 7.92 Å². The molecule has 0 amide bonds. The van der Waals surface area contributed by atoms with Crippen molar-refractivity contribution in [3.63, 3.8) is 0 Å². The van der Waals surface area contributed by atoms with Crippen molar-refractivity contribution in [1.82, 2.24) is 0 Å². The molecule has 0 rings (SSSR count). The van der Waals surface area contributed by atoms with Gasteiger partial charge < -0.3 is 0 Å². The summed E-state index contributed by atoms with van der Waals surface area (Å²) in [5, 5.41) is 9.08. The van der Waals surface area contributed by atoms with Crippen LogP contribution >= 0.6 is 7.92 Å². The summed E-state index contributed by atoms with van der Waals surface area (Å²) in [7, 11) is -0.252. The summed E-state index contributed by atoms with van der Waals surface area (Å²) < 4.78 is 0. The van der Waals surface area contributed by atoms with E-state index in [1.54, 1.807) is 6.08 Å². The summed E-state index contributed by atoms with van der Waals surface area (Å²) in [6.45, 7) is 13.5. The van der Waals surface area contributed by atoms with E-state index in [0.717, 1.165) is 0 Å². The van der Waals surface area contributed by atoms with Gasteiger partial charge in [0, 0.05) is 6.08 Å². The summed E-state index contributed by atoms with van der Waals surface area (Å²) in [4.78, 5) is 0. The number of nitriles is 1. The highest BCUT2D eigenvalue weighted by Gasteiger charge is 2.31. The van der Waals surface area contributed by atoms with Gasteiger partial charge in [-0.2, -0.15) is 5.26 Å². The van der Waals surface area contributed by atoms with E-state index in [9.17, 15) is 0 Å². The number of hydrogen-bond donors (Lipinski definition) is 0. The molecule has 0 fully saturated rings. The van der Waals surface area contributed by atoms with Crippen LogP contribution in [0.3, 0.4) is 0 Å². The first-order chi connectivity index (χ1) is 5.69. The lowest BCUT2D eigenvalue weighted by molar-refractivity contribution is 0.714. The zero-order valence-electron chi connectivity index (χ0n) is 9.55. The highest BCUT2D eigenvalue weighted by molar-refractivity contribution is 7.63. The fourth-order valence-corrected chi connectivity index (χ4v) is 4.68. The summed E-state index contributed by atoms with van der Waals surface area (Å²) in [5.41, 5.74) is 0. The van der Waals surface area contributed by atoms with Crippen LogP contribution in [0.15, 0.2) is 11.9 Å². The zero-order chi connectivity index (χ0) is 10.7. The van der Waals surface area contributed by atoms with E-state index in [4.69, 9.17) is 5.26 Å². The van der Waals surface area contributed by atoms with Gasteiger partial charge in [-0.3, -0.25) is 0 Å². The fraction of sp³-hybridized carbons (Fsp3) is 0.727. The second kappa shape index (κ2) is 4.25. The first-order valence-corrected chi connectivity index (χ1v) is 5.96. The van der Waals surface area contributed by atoms with Crippen molar-refractivity contribution in [1.29, 1.82) is 5.26 Å². The third-order valence-corrected chi connectivity index (χ3v) is 5.08. The maximum atomic E-state index is 8.52. The summed E-state index contributed by atoms with van der Waals surface area (Å²) in [5.74, 6) is 2.09. The predicted molar refractivity (Wildman–Crippen MR) is 61.2 cm³/mol. The molecule has 0 radical (unpaired) electrons. The van der Waals surface area contributed by atoms with Gasteiger partial charge in [0.15, 0.2) is 0 Å². The monoisotopic (exact) mass is 197 g/mol. The molecule has 0 aliphatic rings. The van der Waals surface area contributed by atoms with Crippen LogP contribution in [0.2, 0.25) is 0 Å². The first-order valence-electron chi connectivity index (χ1n) is 4.55. The maximum absolute atomic E-state index is 8.52. The molecule has 1 nitrogen and oxygen atoms in total. The Kier molecular flexibility index (Phi) is 4.14. The molecule has 13 heavy (non-hydrogen) atoms. The Balaban J connectivity index is 4.81. The molecule has 0 aromatic heterocycles. The molecule has 0 heterocycles. The van der Waals surface area contributed by atoms with Crippen LogP contribution in [0.5, 0.6) is 0 Å². The molecule has 0 atom stereocenters. The van der Waals surface area contributed by atoms with Crippen molar-refractivity contribution in [3.8, 4) is 6.07 Å². The van der Waals surface area contributed by atoms with Crippen LogP contribution in [0.4, 0.5) is 0 Å². The molecule has 0 saturated heterocycles. The largest absolute Gasteiger partial charge is 0.193 e. The van der Waals surface area contributed by atoms with Gasteiger partial charge in [-0.1, -0.05) is 49.5 Å². The van der Waals surface area contributed by atoms with Crippen LogP contribution in [0.25, 0.3) is 0 Å². The highest BCUT2D eigenvalue weighted by Crippen LogP contribution is 2.60. The third-order valence-electron chi connectivity index (χ3n) is 1.74. The maximum Gasteiger partial charge on any atom is 0.0912 e. The van der Waals surface area contributed by atoms with Crippen molar-refractivity contribution in [2.45, 2.75) is 51.9 Å². The lowest BCUT2D eigenvalue weighted by Gasteiger charge is -2.39. The van der Waals surface area contributed by atoms with Crippen molar-refractivity contribution in [3.05, 3.63) is 11.9 Å². The average Bonchev–Trinajstić information content (AvgIpc) is 1.81. The molecule has 0 aromatic carbocycles. The van der Waals surface area contributed by atoms with E-state index in [1.807, 2.05) is 0 Å². The van der Waals surface area contributed by atoms with Crippen LogP contribution < -0.4 is 0 Å². The van der Waals surface area contributed by atoms with E-state index >= 15 is 0 Å². The minimum absolute atomic E-state index is 0.252. The van der Waals surface area contributed by atoms with Gasteiger partial charge in [0.1, 0.15) is 0 Å². The summed E-state index contributed by atoms with van der Waals surface area (Å²) in [6, 6.07) is 2.08. The topological polar surface area (TPSA) is 23.8 Å². The molecule has 0 aliphatic heterocycles. The Morgan fingerprint density at radius 3 is 1.62 bits per heavy atom. The SMILES string of the molecule is CC(C)(C)P(/C=C/C#N)C(C)(C)C. The van der Waals surface area contributed by atoms with Crippen molar-refractivity contribution in [2.24, 2.45) is 0 Å². The Bertz CT molecular complexity index is 208. The molecule has 0 aromatic rings. The van der Waals surface area contributed by atoms with E-state index in [0.29, 0.717) is 0 Å². The fourth-order valence-electron chi connectivity index (χ4n) is 1.56. The van der Waals surface area contributed by atoms with Gasteiger partial charge in [-0.25, -0.2) is 0 Å². The zero-order valence-corrected chi connectivity index (χ0v) is 10.4. The standard InChI is InChI=1S/C11H20NP/c1-10(2,3)13(9-7-8-12)11(4,5)6/h7,9H,1-6H3/b9-7+. The van der Waals surface area contributed by atoms with E-state index in [2.05, 4.69) is 53.4 Å². The minimum Gasteiger partial charge on any atom is -0.193 e. The molecular weight excluding hydrogens is 177 g/mol. The molecule has 0 unspecified atom stereocenters. The second-order valence-corrected chi connectivity index (χ2v) is 8.88. The Morgan fingerprint density at radius 2 is 1.38 bits per heavy atom. The second-order valence-electron chi connectivity index (χ2n) is 5.16. The smallest absolute Gasteiger partial charge is 0.0912 e. The van der Waals surface area contributed by atoms with Crippen LogP contribution in [0.1, 0.15) is 41.5 Å². The lowest BCUT2D eigenvalue weighted by atomic mass is 10.2. The quantitative estimate of drug-likeness (QED) is 0.458. The Hall–Kier alpha value is -0.340. The van der Waals surface area contributed by atoms with Crippen LogP contribution in [-0.4, -0.2) is 10.3 Å². The molecule has 0 aliphatic carbocycles. The summed E-state index contributed by atoms with van der Waals surface area (Å²) >= 11 is 0. The van der Waals surface area contributed by atoms with Crippen LogP contribution in [-0.2, 0) is 0 Å². The normalized spacial score (nSPS) is 13.7. The van der Waals surface area contributed by atoms with E-state index in [1.165, 1.54) is 0 Å². The number of allylic oxidation sites excluding steroid dienone is 1. The molecule has 0 bridgehead atoms. The lowest BCUT2D eigenvalue weighted by Crippen LogP contribution is -2.23. The van der Waals surface area contributed by atoms with Gasteiger partial charge in [-0.15, -0.1) is 0 Å². The van der Waals surface area contributed by atoms with Gasteiger partial charge in [0.25, 0.3) is 0 Å². The number of hydrogen-bond acceptors (Lipinski definition) is 1. The van der Waals surface area contributed by atoms with Gasteiger partial charge >= 0.3 is 0 Å².